The van der Waals surface area contributed by atoms with E-state index in [1.54, 1.807) is 0 Å². The molecule has 1 saturated heterocycles. The standard InChI is InChI=1S/C16H20N2O2/c1-16(2)12-13(16)15(20)18(14(12)19)9-3-4-10-5-7-11(17)8-6-10/h5-8,12-13H,3-4,9,17H2,1-2H3. The number of imide groups is 1. The van der Waals surface area contributed by atoms with Crippen LogP contribution in [0, 0.1) is 17.3 Å². The van der Waals surface area contributed by atoms with E-state index < -0.39 is 0 Å². The molecule has 1 saturated carbocycles. The van der Waals surface area contributed by atoms with E-state index in [0.717, 1.165) is 18.5 Å². The summed E-state index contributed by atoms with van der Waals surface area (Å²) in [5.74, 6) is -0.0670. The van der Waals surface area contributed by atoms with E-state index in [1.165, 1.54) is 10.5 Å². The smallest absolute Gasteiger partial charge is 0.233 e. The Morgan fingerprint density at radius 3 is 2.20 bits per heavy atom. The number of nitrogen functional groups attached to an aromatic ring is 1. The number of amides is 2. The van der Waals surface area contributed by atoms with Gasteiger partial charge in [0.05, 0.1) is 11.8 Å². The lowest BCUT2D eigenvalue weighted by molar-refractivity contribution is -0.143. The lowest BCUT2D eigenvalue weighted by Gasteiger charge is -2.20. The van der Waals surface area contributed by atoms with Crippen molar-refractivity contribution in [1.82, 2.24) is 4.90 Å². The Balaban J connectivity index is 1.54. The predicted molar refractivity (Wildman–Crippen MR) is 76.7 cm³/mol. The number of nitrogens with two attached hydrogens (primary N) is 1. The summed E-state index contributed by atoms with van der Waals surface area (Å²) in [5, 5.41) is 0. The van der Waals surface area contributed by atoms with Gasteiger partial charge in [0.1, 0.15) is 0 Å². The highest BCUT2D eigenvalue weighted by atomic mass is 16.2. The van der Waals surface area contributed by atoms with Crippen LogP contribution in [0.1, 0.15) is 25.8 Å². The summed E-state index contributed by atoms with van der Waals surface area (Å²) in [7, 11) is 0. The summed E-state index contributed by atoms with van der Waals surface area (Å²) in [4.78, 5) is 25.8. The molecular formula is C16H20N2O2. The van der Waals surface area contributed by atoms with E-state index in [4.69, 9.17) is 5.73 Å². The van der Waals surface area contributed by atoms with Crippen molar-refractivity contribution in [2.24, 2.45) is 17.3 Å². The maximum Gasteiger partial charge on any atom is 0.233 e. The van der Waals surface area contributed by atoms with Crippen LogP contribution in [0.4, 0.5) is 5.69 Å². The topological polar surface area (TPSA) is 63.4 Å². The van der Waals surface area contributed by atoms with Gasteiger partial charge in [0, 0.05) is 12.2 Å². The van der Waals surface area contributed by atoms with Crippen LogP contribution in [0.15, 0.2) is 24.3 Å². The molecule has 1 aliphatic heterocycles. The SMILES string of the molecule is CC1(C)C2C(=O)N(CCCc3ccc(N)cc3)C(=O)C21. The molecule has 1 heterocycles. The van der Waals surface area contributed by atoms with Gasteiger partial charge in [0.2, 0.25) is 11.8 Å². The van der Waals surface area contributed by atoms with Crippen molar-refractivity contribution in [3.05, 3.63) is 29.8 Å². The first-order valence-corrected chi connectivity index (χ1v) is 7.12. The molecule has 1 aromatic rings. The summed E-state index contributed by atoms with van der Waals surface area (Å²) in [6.45, 7) is 4.54. The second kappa shape index (κ2) is 4.33. The molecule has 4 heteroatoms. The summed E-state index contributed by atoms with van der Waals surface area (Å²) in [6.07, 6.45) is 1.66. The minimum absolute atomic E-state index is 0.0299. The van der Waals surface area contributed by atoms with Crippen molar-refractivity contribution in [3.8, 4) is 0 Å². The Hall–Kier alpha value is -1.84. The van der Waals surface area contributed by atoms with Crippen LogP contribution in [0.25, 0.3) is 0 Å². The summed E-state index contributed by atoms with van der Waals surface area (Å²) in [5.41, 5.74) is 7.46. The number of piperidine rings is 1. The van der Waals surface area contributed by atoms with Gasteiger partial charge in [-0.05, 0) is 36.0 Å². The van der Waals surface area contributed by atoms with Crippen LogP contribution in [-0.2, 0) is 16.0 Å². The zero-order valence-corrected chi connectivity index (χ0v) is 11.9. The molecule has 0 radical (unpaired) electrons. The Morgan fingerprint density at radius 1 is 1.10 bits per heavy atom. The third-order valence-electron chi connectivity index (χ3n) is 4.72. The van der Waals surface area contributed by atoms with Crippen LogP contribution >= 0.6 is 0 Å². The van der Waals surface area contributed by atoms with Gasteiger partial charge in [0.25, 0.3) is 0 Å². The van der Waals surface area contributed by atoms with Crippen LogP contribution in [0.2, 0.25) is 0 Å². The highest BCUT2D eigenvalue weighted by Gasteiger charge is 2.72. The molecule has 3 rings (SSSR count). The Kier molecular flexibility index (Phi) is 2.85. The largest absolute Gasteiger partial charge is 0.399 e. The van der Waals surface area contributed by atoms with Gasteiger partial charge in [-0.1, -0.05) is 26.0 Å². The van der Waals surface area contributed by atoms with E-state index in [9.17, 15) is 9.59 Å². The van der Waals surface area contributed by atoms with Crippen LogP contribution in [0.5, 0.6) is 0 Å². The van der Waals surface area contributed by atoms with Crippen molar-refractivity contribution in [2.75, 3.05) is 12.3 Å². The lowest BCUT2D eigenvalue weighted by Crippen LogP contribution is -2.37. The van der Waals surface area contributed by atoms with Crippen molar-refractivity contribution < 1.29 is 9.59 Å². The Bertz CT molecular complexity index is 538. The van der Waals surface area contributed by atoms with E-state index >= 15 is 0 Å². The molecule has 1 aliphatic carbocycles. The normalized spacial score (nSPS) is 26.8. The number of carbonyl (C=O) groups excluding carboxylic acids is 2. The molecule has 20 heavy (non-hydrogen) atoms. The number of nitrogens with zero attached hydrogens (tertiary/aromatic N) is 1. The van der Waals surface area contributed by atoms with Crippen LogP contribution in [0.3, 0.4) is 0 Å². The van der Waals surface area contributed by atoms with Gasteiger partial charge in [-0.3, -0.25) is 14.5 Å². The second-order valence-corrected chi connectivity index (χ2v) is 6.45. The van der Waals surface area contributed by atoms with Crippen molar-refractivity contribution in [1.29, 1.82) is 0 Å². The van der Waals surface area contributed by atoms with Gasteiger partial charge in [0.15, 0.2) is 0 Å². The summed E-state index contributed by atoms with van der Waals surface area (Å²) in [6, 6.07) is 7.73. The van der Waals surface area contributed by atoms with Gasteiger partial charge in [-0.2, -0.15) is 0 Å². The van der Waals surface area contributed by atoms with Crippen LogP contribution in [-0.4, -0.2) is 23.3 Å². The molecule has 2 amide bonds. The molecule has 0 spiro atoms. The highest BCUT2D eigenvalue weighted by molar-refractivity contribution is 6.10. The Morgan fingerprint density at radius 2 is 1.65 bits per heavy atom. The Labute approximate surface area is 118 Å². The fraction of sp³-hybridized carbons (Fsp3) is 0.500. The molecule has 4 nitrogen and oxygen atoms in total. The third-order valence-corrected chi connectivity index (χ3v) is 4.72. The van der Waals surface area contributed by atoms with Gasteiger partial charge in [-0.15, -0.1) is 0 Å². The fourth-order valence-corrected chi connectivity index (χ4v) is 3.35. The molecule has 2 N–H and O–H groups in total. The maximum absolute atomic E-state index is 12.1. The molecule has 2 aliphatic rings. The molecule has 1 aromatic carbocycles. The van der Waals surface area contributed by atoms with Gasteiger partial charge in [-0.25, -0.2) is 0 Å². The van der Waals surface area contributed by atoms with E-state index in [0.29, 0.717) is 6.54 Å². The first-order valence-electron chi connectivity index (χ1n) is 7.12. The number of fused-ring (bicyclic) bond motifs is 1. The molecule has 106 valence electrons. The number of carbonyl (C=O) groups is 2. The zero-order chi connectivity index (χ0) is 14.5. The van der Waals surface area contributed by atoms with Crippen LogP contribution < -0.4 is 5.73 Å². The zero-order valence-electron chi connectivity index (χ0n) is 11.9. The monoisotopic (exact) mass is 272 g/mol. The van der Waals surface area contributed by atoms with Crippen molar-refractivity contribution in [3.63, 3.8) is 0 Å². The first-order chi connectivity index (χ1) is 9.43. The number of benzene rings is 1. The van der Waals surface area contributed by atoms with E-state index in [2.05, 4.69) is 0 Å². The fourth-order valence-electron chi connectivity index (χ4n) is 3.35. The molecule has 2 atom stereocenters. The number of rotatable bonds is 4. The maximum atomic E-state index is 12.1. The molecule has 0 aromatic heterocycles. The average molecular weight is 272 g/mol. The number of hydrogen-bond acceptors (Lipinski definition) is 3. The van der Waals surface area contributed by atoms with Gasteiger partial charge < -0.3 is 5.73 Å². The van der Waals surface area contributed by atoms with E-state index in [1.807, 2.05) is 38.1 Å². The number of likely N-dealkylation sites (tertiary alicyclic amines) is 1. The third kappa shape index (κ3) is 1.90. The van der Waals surface area contributed by atoms with Crippen molar-refractivity contribution in [2.45, 2.75) is 26.7 Å². The predicted octanol–water partition coefficient (Wildman–Crippen LogP) is 1.84. The summed E-state index contributed by atoms with van der Waals surface area (Å²) < 4.78 is 0. The second-order valence-electron chi connectivity index (χ2n) is 6.45. The molecule has 0 bridgehead atoms. The van der Waals surface area contributed by atoms with E-state index in [-0.39, 0.29) is 29.1 Å². The van der Waals surface area contributed by atoms with Crippen molar-refractivity contribution >= 4 is 17.5 Å². The summed E-state index contributed by atoms with van der Waals surface area (Å²) >= 11 is 0. The number of hydrogen-bond donors (Lipinski definition) is 1. The highest BCUT2D eigenvalue weighted by Crippen LogP contribution is 2.63. The number of anilines is 1. The average Bonchev–Trinajstić information content (AvgIpc) is 2.87. The number of aryl methyl sites for hydroxylation is 1. The molecule has 2 fully saturated rings. The molecular weight excluding hydrogens is 252 g/mol. The minimum atomic E-state index is -0.110. The van der Waals surface area contributed by atoms with Gasteiger partial charge >= 0.3 is 0 Å². The quantitative estimate of drug-likeness (QED) is 0.672. The lowest BCUT2D eigenvalue weighted by atomic mass is 10.0. The molecule has 2 unspecified atom stereocenters. The first kappa shape index (κ1) is 13.2. The minimum Gasteiger partial charge on any atom is -0.399 e.